The van der Waals surface area contributed by atoms with Crippen LogP contribution in [0.15, 0.2) is 6.20 Å². The van der Waals surface area contributed by atoms with Gasteiger partial charge in [-0.15, -0.1) is 0 Å². The average Bonchev–Trinajstić information content (AvgIpc) is 2.41. The Kier molecular flexibility index (Phi) is 2.59. The molecule has 1 aliphatic carbocycles. The zero-order chi connectivity index (χ0) is 10.1. The van der Waals surface area contributed by atoms with Gasteiger partial charge in [-0.3, -0.25) is 4.68 Å². The lowest BCUT2D eigenvalue weighted by atomic mass is 10.1. The first-order chi connectivity index (χ1) is 6.68. The van der Waals surface area contributed by atoms with Crippen molar-refractivity contribution in [3.05, 3.63) is 17.5 Å². The van der Waals surface area contributed by atoms with Gasteiger partial charge < -0.3 is 5.73 Å². The van der Waals surface area contributed by atoms with Crippen LogP contribution >= 0.6 is 0 Å². The summed E-state index contributed by atoms with van der Waals surface area (Å²) in [5.74, 6) is 0. The molecule has 0 aliphatic heterocycles. The number of fused-ring (bicyclic) bond motifs is 1. The Morgan fingerprint density at radius 1 is 1.57 bits per heavy atom. The Morgan fingerprint density at radius 2 is 2.36 bits per heavy atom. The molecule has 1 heterocycles. The van der Waals surface area contributed by atoms with Crippen molar-refractivity contribution in [3.63, 3.8) is 0 Å². The van der Waals surface area contributed by atoms with Gasteiger partial charge in [0.25, 0.3) is 0 Å². The van der Waals surface area contributed by atoms with Gasteiger partial charge in [-0.05, 0) is 38.7 Å². The third kappa shape index (κ3) is 1.69. The van der Waals surface area contributed by atoms with Crippen LogP contribution in [0.5, 0.6) is 0 Å². The van der Waals surface area contributed by atoms with E-state index in [1.165, 1.54) is 17.7 Å². The van der Waals surface area contributed by atoms with Crippen molar-refractivity contribution in [2.75, 3.05) is 0 Å². The monoisotopic (exact) mass is 193 g/mol. The minimum atomic E-state index is 0.324. The lowest BCUT2D eigenvalue weighted by Crippen LogP contribution is -2.23. The fourth-order valence-electron chi connectivity index (χ4n) is 2.21. The van der Waals surface area contributed by atoms with Gasteiger partial charge in [0.15, 0.2) is 0 Å². The summed E-state index contributed by atoms with van der Waals surface area (Å²) < 4.78 is 2.13. The molecule has 1 aliphatic rings. The van der Waals surface area contributed by atoms with Gasteiger partial charge in [0.1, 0.15) is 0 Å². The standard InChI is InChI=1S/C11H19N3/c1-8(2)14-11-6-10(12)5-3-4-9(11)7-13-14/h7-8,10H,3-6,12H2,1-2H3/t10-/m1/s1. The van der Waals surface area contributed by atoms with Gasteiger partial charge >= 0.3 is 0 Å². The average molecular weight is 193 g/mol. The number of nitrogens with zero attached hydrogens (tertiary/aromatic N) is 2. The van der Waals surface area contributed by atoms with Crippen LogP contribution < -0.4 is 5.73 Å². The summed E-state index contributed by atoms with van der Waals surface area (Å²) in [6, 6.07) is 0.773. The molecule has 0 saturated heterocycles. The van der Waals surface area contributed by atoms with Crippen LogP contribution in [0.1, 0.15) is 44.0 Å². The SMILES string of the molecule is CC(C)n1ncc2c1C[C@H](N)CCC2. The van der Waals surface area contributed by atoms with E-state index < -0.39 is 0 Å². The highest BCUT2D eigenvalue weighted by Gasteiger charge is 2.18. The Labute approximate surface area is 85.3 Å². The third-order valence-electron chi connectivity index (χ3n) is 2.95. The molecule has 0 bridgehead atoms. The molecule has 78 valence electrons. The number of nitrogens with two attached hydrogens (primary N) is 1. The second kappa shape index (κ2) is 3.73. The first-order valence-electron chi connectivity index (χ1n) is 5.49. The Hall–Kier alpha value is -0.830. The Morgan fingerprint density at radius 3 is 3.07 bits per heavy atom. The molecular weight excluding hydrogens is 174 g/mol. The third-order valence-corrected chi connectivity index (χ3v) is 2.95. The van der Waals surface area contributed by atoms with E-state index in [0.29, 0.717) is 12.1 Å². The number of aromatic nitrogens is 2. The fraction of sp³-hybridized carbons (Fsp3) is 0.727. The first-order valence-corrected chi connectivity index (χ1v) is 5.49. The van der Waals surface area contributed by atoms with Crippen molar-refractivity contribution in [3.8, 4) is 0 Å². The number of rotatable bonds is 1. The van der Waals surface area contributed by atoms with Crippen molar-refractivity contribution in [1.82, 2.24) is 9.78 Å². The molecule has 3 heteroatoms. The smallest absolute Gasteiger partial charge is 0.0524 e. The van der Waals surface area contributed by atoms with Crippen LogP contribution in [0.3, 0.4) is 0 Å². The van der Waals surface area contributed by atoms with Crippen molar-refractivity contribution in [2.45, 2.75) is 51.6 Å². The number of aryl methyl sites for hydroxylation is 1. The molecule has 0 unspecified atom stereocenters. The van der Waals surface area contributed by atoms with E-state index in [1.807, 2.05) is 6.20 Å². The highest BCUT2D eigenvalue weighted by atomic mass is 15.3. The minimum absolute atomic E-state index is 0.324. The summed E-state index contributed by atoms with van der Waals surface area (Å²) in [5, 5.41) is 4.43. The summed E-state index contributed by atoms with van der Waals surface area (Å²) in [5.41, 5.74) is 8.81. The Bertz CT molecular complexity index is 314. The lowest BCUT2D eigenvalue weighted by molar-refractivity contribution is 0.492. The van der Waals surface area contributed by atoms with E-state index >= 15 is 0 Å². The van der Waals surface area contributed by atoms with Gasteiger partial charge in [0.2, 0.25) is 0 Å². The van der Waals surface area contributed by atoms with E-state index in [4.69, 9.17) is 5.73 Å². The van der Waals surface area contributed by atoms with E-state index in [2.05, 4.69) is 23.6 Å². The van der Waals surface area contributed by atoms with Crippen LogP contribution in [-0.2, 0) is 12.8 Å². The zero-order valence-corrected chi connectivity index (χ0v) is 9.03. The normalized spacial score (nSPS) is 22.1. The molecule has 1 aromatic heterocycles. The number of hydrogen-bond donors (Lipinski definition) is 1. The van der Waals surface area contributed by atoms with E-state index in [9.17, 15) is 0 Å². The maximum absolute atomic E-state index is 6.04. The molecule has 2 N–H and O–H groups in total. The van der Waals surface area contributed by atoms with Crippen molar-refractivity contribution >= 4 is 0 Å². The molecule has 0 saturated carbocycles. The molecular formula is C11H19N3. The predicted molar refractivity (Wildman–Crippen MR) is 57.2 cm³/mol. The van der Waals surface area contributed by atoms with Crippen molar-refractivity contribution in [2.24, 2.45) is 5.73 Å². The van der Waals surface area contributed by atoms with Gasteiger partial charge in [0.05, 0.1) is 6.20 Å². The second-order valence-corrected chi connectivity index (χ2v) is 4.51. The number of hydrogen-bond acceptors (Lipinski definition) is 2. The Balaban J connectivity index is 2.34. The highest BCUT2D eigenvalue weighted by Crippen LogP contribution is 2.22. The van der Waals surface area contributed by atoms with Crippen LogP contribution in [0.4, 0.5) is 0 Å². The van der Waals surface area contributed by atoms with Crippen LogP contribution in [0.2, 0.25) is 0 Å². The molecule has 3 nitrogen and oxygen atoms in total. The van der Waals surface area contributed by atoms with Crippen LogP contribution in [0, 0.1) is 0 Å². The molecule has 14 heavy (non-hydrogen) atoms. The maximum atomic E-state index is 6.04. The quantitative estimate of drug-likeness (QED) is 0.689. The van der Waals surface area contributed by atoms with Crippen LogP contribution in [0.25, 0.3) is 0 Å². The second-order valence-electron chi connectivity index (χ2n) is 4.51. The molecule has 0 aromatic carbocycles. The highest BCUT2D eigenvalue weighted by molar-refractivity contribution is 5.21. The summed E-state index contributed by atoms with van der Waals surface area (Å²) >= 11 is 0. The van der Waals surface area contributed by atoms with Crippen molar-refractivity contribution < 1.29 is 0 Å². The predicted octanol–water partition coefficient (Wildman–Crippen LogP) is 1.67. The summed E-state index contributed by atoms with van der Waals surface area (Å²) in [7, 11) is 0. The summed E-state index contributed by atoms with van der Waals surface area (Å²) in [6.45, 7) is 4.34. The molecule has 0 amide bonds. The summed E-state index contributed by atoms with van der Waals surface area (Å²) in [6.07, 6.45) is 6.52. The molecule has 1 atom stereocenters. The van der Waals surface area contributed by atoms with E-state index in [-0.39, 0.29) is 0 Å². The van der Waals surface area contributed by atoms with Gasteiger partial charge in [0, 0.05) is 24.2 Å². The van der Waals surface area contributed by atoms with E-state index in [1.54, 1.807) is 0 Å². The van der Waals surface area contributed by atoms with Crippen LogP contribution in [-0.4, -0.2) is 15.8 Å². The fourth-order valence-corrected chi connectivity index (χ4v) is 2.21. The van der Waals surface area contributed by atoms with Crippen molar-refractivity contribution in [1.29, 1.82) is 0 Å². The first kappa shape index (κ1) is 9.71. The topological polar surface area (TPSA) is 43.8 Å². The van der Waals surface area contributed by atoms with Gasteiger partial charge in [-0.1, -0.05) is 0 Å². The van der Waals surface area contributed by atoms with Gasteiger partial charge in [-0.25, -0.2) is 0 Å². The van der Waals surface area contributed by atoms with E-state index in [0.717, 1.165) is 19.3 Å². The molecule has 1 aromatic rings. The minimum Gasteiger partial charge on any atom is -0.327 e. The zero-order valence-electron chi connectivity index (χ0n) is 9.03. The maximum Gasteiger partial charge on any atom is 0.0524 e. The summed E-state index contributed by atoms with van der Waals surface area (Å²) in [4.78, 5) is 0. The largest absolute Gasteiger partial charge is 0.327 e. The van der Waals surface area contributed by atoms with Gasteiger partial charge in [-0.2, -0.15) is 5.10 Å². The molecule has 0 fully saturated rings. The lowest BCUT2D eigenvalue weighted by Gasteiger charge is -2.13. The molecule has 2 rings (SSSR count). The molecule has 0 spiro atoms. The molecule has 0 radical (unpaired) electrons.